The van der Waals surface area contributed by atoms with Gasteiger partial charge >= 0.3 is 9.28 Å². The van der Waals surface area contributed by atoms with Gasteiger partial charge in [0, 0.05) is 19.8 Å². The van der Waals surface area contributed by atoms with E-state index in [1.807, 2.05) is 26.8 Å². The molecule has 0 saturated heterocycles. The van der Waals surface area contributed by atoms with Crippen LogP contribution < -0.4 is 5.19 Å². The van der Waals surface area contributed by atoms with E-state index in [9.17, 15) is 9.59 Å². The van der Waals surface area contributed by atoms with Gasteiger partial charge in [-0.25, -0.2) is 0 Å². The van der Waals surface area contributed by atoms with Crippen molar-refractivity contribution in [3.63, 3.8) is 0 Å². The van der Waals surface area contributed by atoms with Crippen LogP contribution in [0.4, 0.5) is 0 Å². The Labute approximate surface area is 133 Å². The monoisotopic (exact) mass is 320 g/mol. The highest BCUT2D eigenvalue weighted by Gasteiger charge is 2.36. The molecule has 1 radical (unpaired) electrons. The van der Waals surface area contributed by atoms with Crippen LogP contribution in [0.2, 0.25) is 0 Å². The summed E-state index contributed by atoms with van der Waals surface area (Å²) in [5.41, 5.74) is 0.958. The number of unbranched alkanes of at least 4 members (excludes halogenated alkanes) is 1. The number of rotatable bonds is 8. The summed E-state index contributed by atoms with van der Waals surface area (Å²) in [7, 11) is -1.60. The van der Waals surface area contributed by atoms with E-state index in [0.29, 0.717) is 30.9 Å². The maximum absolute atomic E-state index is 12.4. The van der Waals surface area contributed by atoms with Gasteiger partial charge in [0.05, 0.1) is 11.1 Å². The van der Waals surface area contributed by atoms with Gasteiger partial charge in [0.15, 0.2) is 0 Å². The Morgan fingerprint density at radius 3 is 2.23 bits per heavy atom. The van der Waals surface area contributed by atoms with Crippen LogP contribution in [0.5, 0.6) is 0 Å². The molecule has 5 nitrogen and oxygen atoms in total. The van der Waals surface area contributed by atoms with Crippen LogP contribution in [0.25, 0.3) is 0 Å². The van der Waals surface area contributed by atoms with Crippen molar-refractivity contribution in [1.82, 2.24) is 4.90 Å². The maximum Gasteiger partial charge on any atom is 0.423 e. The molecule has 0 bridgehead atoms. The molecule has 0 atom stereocenters. The maximum atomic E-state index is 12.4. The molecule has 2 amide bonds. The topological polar surface area (TPSA) is 55.8 Å². The highest BCUT2D eigenvalue weighted by molar-refractivity contribution is 6.61. The van der Waals surface area contributed by atoms with Crippen LogP contribution in [0.1, 0.15) is 54.3 Å². The summed E-state index contributed by atoms with van der Waals surface area (Å²) in [4.78, 5) is 26.1. The van der Waals surface area contributed by atoms with Crippen molar-refractivity contribution in [2.75, 3.05) is 19.8 Å². The van der Waals surface area contributed by atoms with Gasteiger partial charge in [-0.3, -0.25) is 14.5 Å². The van der Waals surface area contributed by atoms with Gasteiger partial charge < -0.3 is 8.85 Å². The predicted octanol–water partition coefficient (Wildman–Crippen LogP) is 1.85. The van der Waals surface area contributed by atoms with Gasteiger partial charge in [0.1, 0.15) is 0 Å². The molecule has 0 spiro atoms. The molecule has 119 valence electrons. The standard InChI is InChI=1S/C16H22NO4Si/c1-4-7-10-17-15(18)13-9-8-12(11-14(13)16(17)19)22(20-5-2)21-6-3/h8-9,11H,4-7,10H2,1-3H3. The van der Waals surface area contributed by atoms with Gasteiger partial charge in [-0.1, -0.05) is 19.4 Å². The first kappa shape index (κ1) is 16.9. The zero-order valence-corrected chi connectivity index (χ0v) is 14.3. The molecule has 0 unspecified atom stereocenters. The van der Waals surface area contributed by atoms with Crippen LogP contribution in [-0.4, -0.2) is 45.8 Å². The van der Waals surface area contributed by atoms with Crippen molar-refractivity contribution in [3.05, 3.63) is 29.3 Å². The summed E-state index contributed by atoms with van der Waals surface area (Å²) in [5, 5.41) is 0.867. The van der Waals surface area contributed by atoms with E-state index >= 15 is 0 Å². The first-order valence-corrected chi connectivity index (χ1v) is 9.08. The smallest absolute Gasteiger partial charge is 0.390 e. The van der Waals surface area contributed by atoms with Crippen molar-refractivity contribution < 1.29 is 18.4 Å². The Morgan fingerprint density at radius 2 is 1.64 bits per heavy atom. The summed E-state index contributed by atoms with van der Waals surface area (Å²) in [6, 6.07) is 5.33. The normalized spacial score (nSPS) is 14.1. The largest absolute Gasteiger partial charge is 0.423 e. The Balaban J connectivity index is 2.27. The highest BCUT2D eigenvalue weighted by atomic mass is 28.3. The average molecular weight is 320 g/mol. The zero-order chi connectivity index (χ0) is 16.1. The zero-order valence-electron chi connectivity index (χ0n) is 13.3. The van der Waals surface area contributed by atoms with E-state index in [1.165, 1.54) is 4.90 Å². The third-order valence-electron chi connectivity index (χ3n) is 3.49. The summed E-state index contributed by atoms with van der Waals surface area (Å²) in [6.45, 7) is 7.46. The second kappa shape index (κ2) is 7.67. The number of nitrogens with zero attached hydrogens (tertiary/aromatic N) is 1. The van der Waals surface area contributed by atoms with Crippen LogP contribution in [0.15, 0.2) is 18.2 Å². The average Bonchev–Trinajstić information content (AvgIpc) is 2.76. The predicted molar refractivity (Wildman–Crippen MR) is 85.4 cm³/mol. The van der Waals surface area contributed by atoms with Gasteiger partial charge in [-0.05, 0) is 37.6 Å². The molecule has 1 heterocycles. The van der Waals surface area contributed by atoms with Crippen LogP contribution in [-0.2, 0) is 8.85 Å². The van der Waals surface area contributed by atoms with E-state index in [0.717, 1.165) is 18.0 Å². The minimum Gasteiger partial charge on any atom is -0.390 e. The van der Waals surface area contributed by atoms with Crippen LogP contribution in [0.3, 0.4) is 0 Å². The molecule has 0 N–H and O–H groups in total. The Bertz CT molecular complexity index is 555. The quantitative estimate of drug-likeness (QED) is 0.542. The molecule has 2 rings (SSSR count). The third kappa shape index (κ3) is 3.29. The number of carbonyl (C=O) groups excluding carboxylic acids is 2. The lowest BCUT2D eigenvalue weighted by Crippen LogP contribution is -2.37. The van der Waals surface area contributed by atoms with Crippen LogP contribution >= 0.6 is 0 Å². The summed E-state index contributed by atoms with van der Waals surface area (Å²) in [6.07, 6.45) is 1.77. The molecule has 6 heteroatoms. The molecule has 1 aliphatic rings. The van der Waals surface area contributed by atoms with E-state index < -0.39 is 9.28 Å². The number of hydrogen-bond acceptors (Lipinski definition) is 4. The molecule has 0 aliphatic carbocycles. The fourth-order valence-electron chi connectivity index (χ4n) is 2.41. The van der Waals surface area contributed by atoms with E-state index in [-0.39, 0.29) is 11.8 Å². The van der Waals surface area contributed by atoms with Gasteiger partial charge in [-0.2, -0.15) is 0 Å². The number of hydrogen-bond donors (Lipinski definition) is 0. The lowest BCUT2D eigenvalue weighted by Gasteiger charge is -2.13. The first-order chi connectivity index (χ1) is 10.6. The number of benzene rings is 1. The number of carbonyl (C=O) groups is 2. The van der Waals surface area contributed by atoms with E-state index in [2.05, 4.69) is 0 Å². The Kier molecular flexibility index (Phi) is 5.88. The van der Waals surface area contributed by atoms with Crippen molar-refractivity contribution in [2.45, 2.75) is 33.6 Å². The second-order valence-electron chi connectivity index (χ2n) is 5.03. The first-order valence-electron chi connectivity index (χ1n) is 7.77. The minimum absolute atomic E-state index is 0.193. The molecule has 1 aliphatic heterocycles. The molecule has 22 heavy (non-hydrogen) atoms. The van der Waals surface area contributed by atoms with Crippen molar-refractivity contribution in [3.8, 4) is 0 Å². The Morgan fingerprint density at radius 1 is 1.00 bits per heavy atom. The van der Waals surface area contributed by atoms with Gasteiger partial charge in [-0.15, -0.1) is 0 Å². The molecule has 1 aromatic carbocycles. The molecule has 0 saturated carbocycles. The summed E-state index contributed by atoms with van der Waals surface area (Å²) in [5.74, 6) is -0.397. The van der Waals surface area contributed by atoms with Gasteiger partial charge in [0.25, 0.3) is 11.8 Å². The second-order valence-corrected chi connectivity index (χ2v) is 6.76. The number of imide groups is 1. The minimum atomic E-state index is -1.60. The van der Waals surface area contributed by atoms with Gasteiger partial charge in [0.2, 0.25) is 0 Å². The molecular formula is C16H22NO4Si. The lowest BCUT2D eigenvalue weighted by atomic mass is 10.1. The summed E-state index contributed by atoms with van der Waals surface area (Å²) < 4.78 is 11.3. The molecule has 1 aromatic rings. The molecule has 0 fully saturated rings. The summed E-state index contributed by atoms with van der Waals surface area (Å²) >= 11 is 0. The van der Waals surface area contributed by atoms with Crippen molar-refractivity contribution in [2.24, 2.45) is 0 Å². The molecule has 0 aromatic heterocycles. The van der Waals surface area contributed by atoms with E-state index in [1.54, 1.807) is 12.1 Å². The Hall–Kier alpha value is -1.50. The third-order valence-corrected chi connectivity index (χ3v) is 5.38. The fraction of sp³-hybridized carbons (Fsp3) is 0.500. The number of amides is 2. The lowest BCUT2D eigenvalue weighted by molar-refractivity contribution is 0.0652. The highest BCUT2D eigenvalue weighted by Crippen LogP contribution is 2.22. The van der Waals surface area contributed by atoms with Crippen molar-refractivity contribution >= 4 is 26.3 Å². The SMILES string of the molecule is CCCCN1C(=O)c2ccc([Si](OCC)OCC)cc2C1=O. The molecular weight excluding hydrogens is 298 g/mol. The fourth-order valence-corrected chi connectivity index (χ4v) is 3.83. The van der Waals surface area contributed by atoms with Crippen LogP contribution in [0, 0.1) is 0 Å². The number of fused-ring (bicyclic) bond motifs is 1. The van der Waals surface area contributed by atoms with E-state index in [4.69, 9.17) is 8.85 Å². The van der Waals surface area contributed by atoms with Crippen molar-refractivity contribution in [1.29, 1.82) is 0 Å².